The Morgan fingerprint density at radius 3 is 3.00 bits per heavy atom. The number of rotatable bonds is 4. The third kappa shape index (κ3) is 2.62. The molecule has 2 aromatic rings. The van der Waals surface area contributed by atoms with Gasteiger partial charge in [-0.2, -0.15) is 0 Å². The normalized spacial score (nSPS) is 10.7. The number of carboxylic acids is 1. The monoisotopic (exact) mass is 289 g/mol. The van der Waals surface area contributed by atoms with Crippen molar-refractivity contribution in [3.8, 4) is 10.7 Å². The van der Waals surface area contributed by atoms with Gasteiger partial charge < -0.3 is 9.67 Å². The molecule has 0 aliphatic rings. The van der Waals surface area contributed by atoms with Crippen LogP contribution in [-0.2, 0) is 11.8 Å². The minimum absolute atomic E-state index is 0.0376. The van der Waals surface area contributed by atoms with E-state index in [4.69, 9.17) is 16.7 Å². The molecule has 0 aliphatic heterocycles. The number of thioether (sulfide) groups is 1. The van der Waals surface area contributed by atoms with Crippen LogP contribution in [-0.4, -0.2) is 31.6 Å². The van der Waals surface area contributed by atoms with Gasteiger partial charge in [0.05, 0.1) is 15.7 Å². The number of hydrogen-bond acceptors (Lipinski definition) is 5. The van der Waals surface area contributed by atoms with E-state index >= 15 is 0 Å². The molecule has 17 heavy (non-hydrogen) atoms. The zero-order chi connectivity index (χ0) is 12.4. The molecule has 0 amide bonds. The summed E-state index contributed by atoms with van der Waals surface area (Å²) in [4.78, 5) is 11.3. The average Bonchev–Trinajstić information content (AvgIpc) is 2.82. The fourth-order valence-corrected chi connectivity index (χ4v) is 3.01. The Balaban J connectivity index is 2.27. The highest BCUT2D eigenvalue weighted by atomic mass is 35.5. The van der Waals surface area contributed by atoms with E-state index in [9.17, 15) is 4.79 Å². The zero-order valence-electron chi connectivity index (χ0n) is 8.75. The van der Waals surface area contributed by atoms with Gasteiger partial charge in [-0.05, 0) is 11.4 Å². The lowest BCUT2D eigenvalue weighted by atomic mass is 10.4. The van der Waals surface area contributed by atoms with Crippen LogP contribution in [0.15, 0.2) is 16.6 Å². The first-order valence-corrected chi connectivity index (χ1v) is 6.81. The molecule has 0 saturated heterocycles. The molecular weight excluding hydrogens is 282 g/mol. The average molecular weight is 290 g/mol. The van der Waals surface area contributed by atoms with Gasteiger partial charge in [-0.1, -0.05) is 23.4 Å². The minimum Gasteiger partial charge on any atom is -0.481 e. The highest BCUT2D eigenvalue weighted by Gasteiger charge is 2.15. The van der Waals surface area contributed by atoms with E-state index in [0.29, 0.717) is 16.0 Å². The molecule has 1 N–H and O–H groups in total. The van der Waals surface area contributed by atoms with E-state index in [1.165, 1.54) is 11.3 Å². The molecule has 2 heterocycles. The van der Waals surface area contributed by atoms with Gasteiger partial charge in [0.25, 0.3) is 0 Å². The first-order chi connectivity index (χ1) is 8.09. The largest absolute Gasteiger partial charge is 0.481 e. The molecule has 0 aromatic carbocycles. The third-order valence-corrected chi connectivity index (χ3v) is 4.32. The minimum atomic E-state index is -0.881. The Morgan fingerprint density at radius 2 is 2.41 bits per heavy atom. The van der Waals surface area contributed by atoms with Crippen LogP contribution in [0.1, 0.15) is 0 Å². The van der Waals surface area contributed by atoms with E-state index in [2.05, 4.69) is 10.2 Å². The van der Waals surface area contributed by atoms with Crippen LogP contribution >= 0.6 is 34.7 Å². The zero-order valence-corrected chi connectivity index (χ0v) is 11.1. The fourth-order valence-electron chi connectivity index (χ4n) is 1.22. The standard InChI is InChI=1S/C9H8ClN3O2S2/c1-13-8(7-5(10)2-3-16-7)11-12-9(13)17-4-6(14)15/h2-3H,4H2,1H3,(H,14,15). The molecule has 0 saturated carbocycles. The van der Waals surface area contributed by atoms with Crippen molar-refractivity contribution in [2.45, 2.75) is 5.16 Å². The summed E-state index contributed by atoms with van der Waals surface area (Å²) in [5, 5.41) is 19.6. The summed E-state index contributed by atoms with van der Waals surface area (Å²) in [6.07, 6.45) is 0. The maximum atomic E-state index is 10.5. The van der Waals surface area contributed by atoms with Crippen molar-refractivity contribution in [3.63, 3.8) is 0 Å². The Hall–Kier alpha value is -1.05. The molecule has 0 aliphatic carbocycles. The van der Waals surface area contributed by atoms with Crippen molar-refractivity contribution in [1.82, 2.24) is 14.8 Å². The molecular formula is C9H8ClN3O2S2. The summed E-state index contributed by atoms with van der Waals surface area (Å²) in [5.74, 6) is -0.268. The molecule has 90 valence electrons. The van der Waals surface area contributed by atoms with Gasteiger partial charge in [0.2, 0.25) is 0 Å². The number of halogens is 1. The summed E-state index contributed by atoms with van der Waals surface area (Å²) in [7, 11) is 1.79. The summed E-state index contributed by atoms with van der Waals surface area (Å²) in [6.45, 7) is 0. The number of thiophene rings is 1. The Morgan fingerprint density at radius 1 is 1.65 bits per heavy atom. The van der Waals surface area contributed by atoms with E-state index in [1.807, 2.05) is 5.38 Å². The molecule has 2 aromatic heterocycles. The Labute approximate surface area is 110 Å². The second-order valence-corrected chi connectivity index (χ2v) is 5.41. The lowest BCUT2D eigenvalue weighted by Gasteiger charge is -2.01. The maximum Gasteiger partial charge on any atom is 0.313 e. The van der Waals surface area contributed by atoms with E-state index in [1.54, 1.807) is 17.7 Å². The number of carboxylic acid groups (broad SMARTS) is 1. The maximum absolute atomic E-state index is 10.5. The van der Waals surface area contributed by atoms with Crippen molar-refractivity contribution >= 4 is 40.7 Å². The lowest BCUT2D eigenvalue weighted by molar-refractivity contribution is -0.133. The predicted octanol–water partition coefficient (Wildman–Crippen LogP) is 2.37. The van der Waals surface area contributed by atoms with Gasteiger partial charge in [0.15, 0.2) is 11.0 Å². The number of carbonyl (C=O) groups is 1. The van der Waals surface area contributed by atoms with Gasteiger partial charge in [0.1, 0.15) is 0 Å². The molecule has 0 bridgehead atoms. The molecule has 8 heteroatoms. The lowest BCUT2D eigenvalue weighted by Crippen LogP contribution is -2.00. The van der Waals surface area contributed by atoms with E-state index in [0.717, 1.165) is 16.6 Å². The third-order valence-electron chi connectivity index (χ3n) is 1.98. The second kappa shape index (κ2) is 5.07. The topological polar surface area (TPSA) is 68.0 Å². The molecule has 0 spiro atoms. The van der Waals surface area contributed by atoms with Crippen LogP contribution in [0, 0.1) is 0 Å². The first kappa shape index (κ1) is 12.4. The van der Waals surface area contributed by atoms with Crippen molar-refractivity contribution in [1.29, 1.82) is 0 Å². The van der Waals surface area contributed by atoms with Gasteiger partial charge >= 0.3 is 5.97 Å². The van der Waals surface area contributed by atoms with Crippen LogP contribution in [0.25, 0.3) is 10.7 Å². The molecule has 0 fully saturated rings. The summed E-state index contributed by atoms with van der Waals surface area (Å²) < 4.78 is 1.74. The SMILES string of the molecule is Cn1c(SCC(=O)O)nnc1-c1sccc1Cl. The highest BCUT2D eigenvalue weighted by Crippen LogP contribution is 2.33. The van der Waals surface area contributed by atoms with Crippen LogP contribution in [0.3, 0.4) is 0 Å². The van der Waals surface area contributed by atoms with Gasteiger partial charge in [-0.3, -0.25) is 4.79 Å². The first-order valence-electron chi connectivity index (χ1n) is 4.57. The van der Waals surface area contributed by atoms with Gasteiger partial charge in [-0.25, -0.2) is 0 Å². The van der Waals surface area contributed by atoms with Crippen molar-refractivity contribution in [2.24, 2.45) is 7.05 Å². The van der Waals surface area contributed by atoms with Gasteiger partial charge in [0, 0.05) is 7.05 Å². The van der Waals surface area contributed by atoms with Crippen LogP contribution < -0.4 is 0 Å². The van der Waals surface area contributed by atoms with Crippen molar-refractivity contribution < 1.29 is 9.90 Å². The van der Waals surface area contributed by atoms with E-state index in [-0.39, 0.29) is 5.75 Å². The van der Waals surface area contributed by atoms with Crippen molar-refractivity contribution in [3.05, 3.63) is 16.5 Å². The quantitative estimate of drug-likeness (QED) is 0.875. The summed E-state index contributed by atoms with van der Waals surface area (Å²) >= 11 is 8.62. The van der Waals surface area contributed by atoms with Crippen LogP contribution in [0.2, 0.25) is 5.02 Å². The number of hydrogen-bond donors (Lipinski definition) is 1. The summed E-state index contributed by atoms with van der Waals surface area (Å²) in [6, 6.07) is 1.79. The summed E-state index contributed by atoms with van der Waals surface area (Å²) in [5.41, 5.74) is 0. The second-order valence-electron chi connectivity index (χ2n) is 3.15. The molecule has 0 unspecified atom stereocenters. The highest BCUT2D eigenvalue weighted by molar-refractivity contribution is 7.99. The van der Waals surface area contributed by atoms with Crippen LogP contribution in [0.4, 0.5) is 0 Å². The fraction of sp³-hybridized carbons (Fsp3) is 0.222. The molecule has 5 nitrogen and oxygen atoms in total. The molecule has 2 rings (SSSR count). The van der Waals surface area contributed by atoms with Crippen molar-refractivity contribution in [2.75, 3.05) is 5.75 Å². The number of aliphatic carboxylic acids is 1. The van der Waals surface area contributed by atoms with Crippen LogP contribution in [0.5, 0.6) is 0 Å². The number of aromatic nitrogens is 3. The smallest absolute Gasteiger partial charge is 0.313 e. The Kier molecular flexibility index (Phi) is 3.70. The van der Waals surface area contributed by atoms with Gasteiger partial charge in [-0.15, -0.1) is 21.5 Å². The molecule has 0 atom stereocenters. The number of nitrogens with zero attached hydrogens (tertiary/aromatic N) is 3. The Bertz CT molecular complexity index is 552. The molecule has 0 radical (unpaired) electrons. The predicted molar refractivity (Wildman–Crippen MR) is 67.7 cm³/mol. The van der Waals surface area contributed by atoms with E-state index < -0.39 is 5.97 Å².